The number of hydrogen-bond acceptors (Lipinski definition) is 4. The van der Waals surface area contributed by atoms with E-state index in [0.29, 0.717) is 60.1 Å². The molecule has 1 aromatic heterocycles. The predicted octanol–water partition coefficient (Wildman–Crippen LogP) is 3.67. The van der Waals surface area contributed by atoms with Crippen LogP contribution < -0.4 is 10.6 Å². The highest BCUT2D eigenvalue weighted by Crippen LogP contribution is 2.36. The van der Waals surface area contributed by atoms with Crippen molar-refractivity contribution in [2.24, 2.45) is 0 Å². The molecular weight excluding hydrogens is 345 g/mol. The van der Waals surface area contributed by atoms with Crippen LogP contribution in [0.25, 0.3) is 22.4 Å². The molecule has 0 spiro atoms. The number of fused-ring (bicyclic) bond motifs is 1. The number of hydrogen-bond donors (Lipinski definition) is 2. The Hall–Kier alpha value is -2.74. The first-order valence-electron chi connectivity index (χ1n) is 8.21. The van der Waals surface area contributed by atoms with E-state index in [4.69, 9.17) is 10.5 Å². The molecule has 0 radical (unpaired) electrons. The van der Waals surface area contributed by atoms with Crippen LogP contribution in [0.2, 0.25) is 0 Å². The quantitative estimate of drug-likeness (QED) is 0.683. The van der Waals surface area contributed by atoms with Gasteiger partial charge in [0.25, 0.3) is 0 Å². The van der Waals surface area contributed by atoms with Gasteiger partial charge in [0.1, 0.15) is 5.82 Å². The number of nitrogen functional groups attached to an aromatic ring is 1. The summed E-state index contributed by atoms with van der Waals surface area (Å²) in [5.74, 6) is 0.381. The number of nitrogens with two attached hydrogens (primary N) is 1. The van der Waals surface area contributed by atoms with Crippen LogP contribution in [0.3, 0.4) is 0 Å². The Balaban J connectivity index is 1.82. The van der Waals surface area contributed by atoms with E-state index in [1.807, 2.05) is 4.90 Å². The topological polar surface area (TPSA) is 67.2 Å². The van der Waals surface area contributed by atoms with Crippen molar-refractivity contribution in [1.82, 2.24) is 9.97 Å². The van der Waals surface area contributed by atoms with E-state index in [9.17, 15) is 13.2 Å². The number of H-pyrrole nitrogens is 1. The zero-order valence-corrected chi connectivity index (χ0v) is 13.8. The number of aromatic nitrogens is 2. The molecule has 0 atom stereocenters. The molecule has 0 unspecified atom stereocenters. The van der Waals surface area contributed by atoms with Crippen molar-refractivity contribution in [3.63, 3.8) is 0 Å². The van der Waals surface area contributed by atoms with E-state index in [1.54, 1.807) is 24.3 Å². The average Bonchev–Trinajstić information content (AvgIpc) is 3.04. The van der Waals surface area contributed by atoms with Crippen LogP contribution in [0, 0.1) is 0 Å². The first-order chi connectivity index (χ1) is 12.4. The monoisotopic (exact) mass is 362 g/mol. The van der Waals surface area contributed by atoms with Gasteiger partial charge in [-0.05, 0) is 36.4 Å². The zero-order chi connectivity index (χ0) is 18.3. The minimum atomic E-state index is -4.44. The van der Waals surface area contributed by atoms with Crippen molar-refractivity contribution >= 4 is 22.4 Å². The number of rotatable bonds is 2. The van der Waals surface area contributed by atoms with Crippen LogP contribution in [-0.2, 0) is 10.9 Å². The second-order valence-electron chi connectivity index (χ2n) is 6.23. The summed E-state index contributed by atoms with van der Waals surface area (Å²) < 4.78 is 45.5. The molecule has 5 nitrogen and oxygen atoms in total. The molecule has 0 amide bonds. The van der Waals surface area contributed by atoms with E-state index in [0.717, 1.165) is 6.07 Å². The number of ether oxygens (including phenoxy) is 1. The average molecular weight is 362 g/mol. The van der Waals surface area contributed by atoms with E-state index in [-0.39, 0.29) is 0 Å². The van der Waals surface area contributed by atoms with Gasteiger partial charge < -0.3 is 20.4 Å². The highest BCUT2D eigenvalue weighted by atomic mass is 19.4. The standard InChI is InChI=1S/C18H17F3N4O/c19-18(20,21)12-7-11(8-14(9-12)25-3-5-26-6-4-25)17-23-15-2-1-13(22)10-16(15)24-17/h1-2,7-10H,3-6,22H2,(H,23,24). The van der Waals surface area contributed by atoms with E-state index >= 15 is 0 Å². The van der Waals surface area contributed by atoms with Gasteiger partial charge in [0.15, 0.2) is 0 Å². The number of anilines is 2. The lowest BCUT2D eigenvalue weighted by molar-refractivity contribution is -0.137. The normalized spacial score (nSPS) is 15.6. The molecule has 3 aromatic rings. The molecular formula is C18H17F3N4O. The number of nitrogens with zero attached hydrogens (tertiary/aromatic N) is 2. The number of alkyl halides is 3. The molecule has 2 heterocycles. The SMILES string of the molecule is Nc1ccc2nc(-c3cc(N4CCOCC4)cc(C(F)(F)F)c3)[nH]c2c1. The van der Waals surface area contributed by atoms with Crippen molar-refractivity contribution in [1.29, 1.82) is 0 Å². The number of nitrogens with one attached hydrogen (secondary N) is 1. The Morgan fingerprint density at radius 2 is 1.85 bits per heavy atom. The van der Waals surface area contributed by atoms with Gasteiger partial charge in [-0.2, -0.15) is 13.2 Å². The summed E-state index contributed by atoms with van der Waals surface area (Å²) in [6.45, 7) is 2.10. The Morgan fingerprint density at radius 1 is 1.08 bits per heavy atom. The Morgan fingerprint density at radius 3 is 2.58 bits per heavy atom. The summed E-state index contributed by atoms with van der Waals surface area (Å²) in [6, 6.07) is 9.17. The van der Waals surface area contributed by atoms with Crippen LogP contribution in [0.5, 0.6) is 0 Å². The van der Waals surface area contributed by atoms with Crippen LogP contribution in [0.1, 0.15) is 5.56 Å². The largest absolute Gasteiger partial charge is 0.416 e. The number of benzene rings is 2. The molecule has 4 rings (SSSR count). The van der Waals surface area contributed by atoms with Gasteiger partial charge in [-0.25, -0.2) is 4.98 Å². The first-order valence-corrected chi connectivity index (χ1v) is 8.21. The predicted molar refractivity (Wildman–Crippen MR) is 94.0 cm³/mol. The fraction of sp³-hybridized carbons (Fsp3) is 0.278. The first kappa shape index (κ1) is 16.7. The van der Waals surface area contributed by atoms with Crippen LogP contribution >= 0.6 is 0 Å². The van der Waals surface area contributed by atoms with Crippen LogP contribution in [-0.4, -0.2) is 36.3 Å². The number of aromatic amines is 1. The summed E-state index contributed by atoms with van der Waals surface area (Å²) in [7, 11) is 0. The number of morpholine rings is 1. The highest BCUT2D eigenvalue weighted by molar-refractivity contribution is 5.82. The second kappa shape index (κ2) is 6.21. The zero-order valence-electron chi connectivity index (χ0n) is 13.8. The molecule has 1 aliphatic heterocycles. The van der Waals surface area contributed by atoms with Gasteiger partial charge in [-0.3, -0.25) is 0 Å². The maximum Gasteiger partial charge on any atom is 0.416 e. The molecule has 8 heteroatoms. The van der Waals surface area contributed by atoms with Crippen molar-refractivity contribution in [2.45, 2.75) is 6.18 Å². The molecule has 136 valence electrons. The van der Waals surface area contributed by atoms with Crippen LogP contribution in [0.4, 0.5) is 24.5 Å². The van der Waals surface area contributed by atoms with E-state index in [2.05, 4.69) is 9.97 Å². The van der Waals surface area contributed by atoms with E-state index in [1.165, 1.54) is 6.07 Å². The van der Waals surface area contributed by atoms with Crippen molar-refractivity contribution < 1.29 is 17.9 Å². The molecule has 0 aliphatic carbocycles. The smallest absolute Gasteiger partial charge is 0.399 e. The molecule has 2 aromatic carbocycles. The summed E-state index contributed by atoms with van der Waals surface area (Å²) >= 11 is 0. The molecule has 1 aliphatic rings. The molecule has 3 N–H and O–H groups in total. The lowest BCUT2D eigenvalue weighted by atomic mass is 10.1. The summed E-state index contributed by atoms with van der Waals surface area (Å²) in [5.41, 5.74) is 7.86. The summed E-state index contributed by atoms with van der Waals surface area (Å²) in [4.78, 5) is 9.36. The molecule has 26 heavy (non-hydrogen) atoms. The maximum atomic E-state index is 13.4. The van der Waals surface area contributed by atoms with E-state index < -0.39 is 11.7 Å². The lowest BCUT2D eigenvalue weighted by Gasteiger charge is -2.29. The number of imidazole rings is 1. The second-order valence-corrected chi connectivity index (χ2v) is 6.23. The molecule has 0 saturated carbocycles. The third-order valence-electron chi connectivity index (χ3n) is 4.40. The third-order valence-corrected chi connectivity index (χ3v) is 4.40. The van der Waals surface area contributed by atoms with Crippen molar-refractivity contribution in [3.8, 4) is 11.4 Å². The molecule has 1 fully saturated rings. The van der Waals surface area contributed by atoms with Gasteiger partial charge in [-0.1, -0.05) is 0 Å². The van der Waals surface area contributed by atoms with Gasteiger partial charge in [0.2, 0.25) is 0 Å². The molecule has 1 saturated heterocycles. The van der Waals surface area contributed by atoms with Gasteiger partial charge in [0, 0.05) is 30.0 Å². The Labute approximate surface area is 147 Å². The van der Waals surface area contributed by atoms with Crippen LogP contribution in [0.15, 0.2) is 36.4 Å². The van der Waals surface area contributed by atoms with Crippen molar-refractivity contribution in [3.05, 3.63) is 42.0 Å². The number of halogens is 3. The Kier molecular flexibility index (Phi) is 3.99. The third kappa shape index (κ3) is 3.20. The minimum absolute atomic E-state index is 0.381. The lowest BCUT2D eigenvalue weighted by Crippen LogP contribution is -2.36. The fourth-order valence-electron chi connectivity index (χ4n) is 3.08. The molecule has 0 bridgehead atoms. The fourth-order valence-corrected chi connectivity index (χ4v) is 3.08. The highest BCUT2D eigenvalue weighted by Gasteiger charge is 2.32. The summed E-state index contributed by atoms with van der Waals surface area (Å²) in [5, 5.41) is 0. The van der Waals surface area contributed by atoms with Crippen molar-refractivity contribution in [2.75, 3.05) is 36.9 Å². The minimum Gasteiger partial charge on any atom is -0.399 e. The Bertz CT molecular complexity index is 945. The van der Waals surface area contributed by atoms with Gasteiger partial charge in [0.05, 0.1) is 29.8 Å². The van der Waals surface area contributed by atoms with Gasteiger partial charge in [-0.15, -0.1) is 0 Å². The van der Waals surface area contributed by atoms with Gasteiger partial charge >= 0.3 is 6.18 Å². The summed E-state index contributed by atoms with van der Waals surface area (Å²) in [6.07, 6.45) is -4.44. The maximum absolute atomic E-state index is 13.4.